The molecule has 0 amide bonds. The van der Waals surface area contributed by atoms with Gasteiger partial charge in [-0.25, -0.2) is 0 Å². The summed E-state index contributed by atoms with van der Waals surface area (Å²) in [6, 6.07) is -0.145. The molecule has 0 aliphatic carbocycles. The summed E-state index contributed by atoms with van der Waals surface area (Å²) in [7, 11) is 0. The Balaban J connectivity index is 4.01. The zero-order valence-electron chi connectivity index (χ0n) is 9.62. The highest BCUT2D eigenvalue weighted by Crippen LogP contribution is 2.05. The van der Waals surface area contributed by atoms with Gasteiger partial charge in [0.2, 0.25) is 0 Å². The van der Waals surface area contributed by atoms with Gasteiger partial charge >= 0.3 is 5.97 Å². The molecule has 0 aliphatic heterocycles. The van der Waals surface area contributed by atoms with E-state index in [1.807, 2.05) is 0 Å². The maximum absolute atomic E-state index is 11.1. The second kappa shape index (κ2) is 6.76. The van der Waals surface area contributed by atoms with Gasteiger partial charge in [-0.3, -0.25) is 4.79 Å². The highest BCUT2D eigenvalue weighted by molar-refractivity contribution is 5.70. The van der Waals surface area contributed by atoms with Crippen molar-refractivity contribution in [1.29, 1.82) is 0 Å². The number of esters is 1. The third kappa shape index (κ3) is 5.71. The molecule has 0 aromatic heterocycles. The lowest BCUT2D eigenvalue weighted by atomic mass is 10.0. The molecule has 0 rings (SSSR count). The van der Waals surface area contributed by atoms with E-state index < -0.39 is 5.54 Å². The zero-order chi connectivity index (χ0) is 11.9. The Morgan fingerprint density at radius 1 is 1.47 bits per heavy atom. The van der Waals surface area contributed by atoms with Gasteiger partial charge in [0.05, 0.1) is 31.8 Å². The standard InChI is InChI=1S/C10H21NO4/c1-4-15-9(14)5-8(2)11-10(3,6-12)7-13/h8,11-13H,4-7H2,1-3H3. The fourth-order valence-corrected chi connectivity index (χ4v) is 1.26. The maximum Gasteiger partial charge on any atom is 0.307 e. The van der Waals surface area contributed by atoms with Crippen LogP contribution in [0.3, 0.4) is 0 Å². The number of carbonyl (C=O) groups excluding carboxylic acids is 1. The van der Waals surface area contributed by atoms with Crippen molar-refractivity contribution in [2.75, 3.05) is 19.8 Å². The minimum Gasteiger partial charge on any atom is -0.466 e. The summed E-state index contributed by atoms with van der Waals surface area (Å²) in [4.78, 5) is 11.1. The smallest absolute Gasteiger partial charge is 0.307 e. The first kappa shape index (κ1) is 14.3. The van der Waals surface area contributed by atoms with Gasteiger partial charge in [-0.2, -0.15) is 0 Å². The van der Waals surface area contributed by atoms with Crippen LogP contribution in [0.5, 0.6) is 0 Å². The van der Waals surface area contributed by atoms with Gasteiger partial charge < -0.3 is 20.3 Å². The molecule has 1 atom stereocenters. The van der Waals surface area contributed by atoms with Crippen molar-refractivity contribution in [1.82, 2.24) is 5.32 Å². The Morgan fingerprint density at radius 3 is 2.40 bits per heavy atom. The fraction of sp³-hybridized carbons (Fsp3) is 0.900. The van der Waals surface area contributed by atoms with E-state index in [0.717, 1.165) is 0 Å². The summed E-state index contributed by atoms with van der Waals surface area (Å²) in [5.74, 6) is -0.282. The predicted molar refractivity (Wildman–Crippen MR) is 56.4 cm³/mol. The Kier molecular flexibility index (Phi) is 6.47. The highest BCUT2D eigenvalue weighted by Gasteiger charge is 2.25. The molecule has 0 aromatic rings. The van der Waals surface area contributed by atoms with Crippen LogP contribution in [-0.4, -0.2) is 47.6 Å². The number of rotatable bonds is 7. The average molecular weight is 219 g/mol. The van der Waals surface area contributed by atoms with Crippen LogP contribution in [0.4, 0.5) is 0 Å². The van der Waals surface area contributed by atoms with E-state index in [0.29, 0.717) is 6.61 Å². The SMILES string of the molecule is CCOC(=O)CC(C)NC(C)(CO)CO. The van der Waals surface area contributed by atoms with Crippen molar-refractivity contribution in [3.63, 3.8) is 0 Å². The molecular formula is C10H21NO4. The third-order valence-corrected chi connectivity index (χ3v) is 2.07. The molecule has 1 unspecified atom stereocenters. The molecule has 90 valence electrons. The van der Waals surface area contributed by atoms with Crippen molar-refractivity contribution < 1.29 is 19.7 Å². The Bertz CT molecular complexity index is 192. The number of nitrogens with one attached hydrogen (secondary N) is 1. The van der Waals surface area contributed by atoms with E-state index in [9.17, 15) is 4.79 Å². The zero-order valence-corrected chi connectivity index (χ0v) is 9.62. The molecule has 0 saturated carbocycles. The lowest BCUT2D eigenvalue weighted by Crippen LogP contribution is -2.53. The molecular weight excluding hydrogens is 198 g/mol. The number of aliphatic hydroxyl groups excluding tert-OH is 2. The Labute approximate surface area is 90.4 Å². The Morgan fingerprint density at radius 2 is 2.00 bits per heavy atom. The molecule has 0 aliphatic rings. The van der Waals surface area contributed by atoms with Gasteiger partial charge in [-0.05, 0) is 20.8 Å². The molecule has 0 aromatic carbocycles. The van der Waals surface area contributed by atoms with Gasteiger partial charge in [0.15, 0.2) is 0 Å². The van der Waals surface area contributed by atoms with Crippen LogP contribution in [-0.2, 0) is 9.53 Å². The van der Waals surface area contributed by atoms with Crippen LogP contribution in [0.2, 0.25) is 0 Å². The van der Waals surface area contributed by atoms with E-state index >= 15 is 0 Å². The van der Waals surface area contributed by atoms with Crippen molar-refractivity contribution >= 4 is 5.97 Å². The second-order valence-electron chi connectivity index (χ2n) is 3.93. The molecule has 0 heterocycles. The number of carbonyl (C=O) groups is 1. The van der Waals surface area contributed by atoms with E-state index in [1.165, 1.54) is 0 Å². The van der Waals surface area contributed by atoms with Gasteiger partial charge in [0.1, 0.15) is 0 Å². The fourth-order valence-electron chi connectivity index (χ4n) is 1.26. The number of ether oxygens (including phenoxy) is 1. The summed E-state index contributed by atoms with van der Waals surface area (Å²) in [5, 5.41) is 21.0. The summed E-state index contributed by atoms with van der Waals surface area (Å²) in [6.07, 6.45) is 0.226. The van der Waals surface area contributed by atoms with Gasteiger partial charge in [0, 0.05) is 6.04 Å². The third-order valence-electron chi connectivity index (χ3n) is 2.07. The molecule has 5 heteroatoms. The molecule has 0 fully saturated rings. The molecule has 0 spiro atoms. The van der Waals surface area contributed by atoms with Crippen molar-refractivity contribution in [3.8, 4) is 0 Å². The quantitative estimate of drug-likeness (QED) is 0.511. The number of hydrogen-bond donors (Lipinski definition) is 3. The first-order valence-corrected chi connectivity index (χ1v) is 5.12. The lowest BCUT2D eigenvalue weighted by Gasteiger charge is -2.29. The van der Waals surface area contributed by atoms with Crippen molar-refractivity contribution in [3.05, 3.63) is 0 Å². The van der Waals surface area contributed by atoms with Crippen molar-refractivity contribution in [2.45, 2.75) is 38.8 Å². The minimum atomic E-state index is -0.758. The van der Waals surface area contributed by atoms with Crippen molar-refractivity contribution in [2.24, 2.45) is 0 Å². The largest absolute Gasteiger partial charge is 0.466 e. The minimum absolute atomic E-state index is 0.145. The van der Waals surface area contributed by atoms with Crippen LogP contribution in [0, 0.1) is 0 Å². The van der Waals surface area contributed by atoms with E-state index in [4.69, 9.17) is 14.9 Å². The normalized spacial score (nSPS) is 13.7. The van der Waals surface area contributed by atoms with E-state index in [1.54, 1.807) is 20.8 Å². The second-order valence-corrected chi connectivity index (χ2v) is 3.93. The first-order valence-electron chi connectivity index (χ1n) is 5.12. The summed E-state index contributed by atoms with van der Waals surface area (Å²) < 4.78 is 4.79. The van der Waals surface area contributed by atoms with E-state index in [2.05, 4.69) is 5.32 Å². The van der Waals surface area contributed by atoms with Crippen LogP contribution >= 0.6 is 0 Å². The van der Waals surface area contributed by atoms with Gasteiger partial charge in [-0.15, -0.1) is 0 Å². The first-order chi connectivity index (χ1) is 6.97. The molecule has 5 nitrogen and oxygen atoms in total. The summed E-state index contributed by atoms with van der Waals surface area (Å²) in [6.45, 7) is 5.24. The number of aliphatic hydroxyl groups is 2. The summed E-state index contributed by atoms with van der Waals surface area (Å²) >= 11 is 0. The molecule has 3 N–H and O–H groups in total. The predicted octanol–water partition coefficient (Wildman–Crippen LogP) is -0.339. The molecule has 0 saturated heterocycles. The van der Waals surface area contributed by atoms with Gasteiger partial charge in [-0.1, -0.05) is 0 Å². The van der Waals surface area contributed by atoms with Gasteiger partial charge in [0.25, 0.3) is 0 Å². The average Bonchev–Trinajstić information content (AvgIpc) is 2.17. The number of hydrogen-bond acceptors (Lipinski definition) is 5. The molecule has 15 heavy (non-hydrogen) atoms. The summed E-state index contributed by atoms with van der Waals surface area (Å²) in [5.41, 5.74) is -0.758. The maximum atomic E-state index is 11.1. The van der Waals surface area contributed by atoms with Crippen LogP contribution < -0.4 is 5.32 Å². The lowest BCUT2D eigenvalue weighted by molar-refractivity contribution is -0.143. The van der Waals surface area contributed by atoms with Crippen LogP contribution in [0.15, 0.2) is 0 Å². The molecule has 0 radical (unpaired) electrons. The van der Waals surface area contributed by atoms with Crippen LogP contribution in [0.25, 0.3) is 0 Å². The highest BCUT2D eigenvalue weighted by atomic mass is 16.5. The topological polar surface area (TPSA) is 78.8 Å². The molecule has 0 bridgehead atoms. The van der Waals surface area contributed by atoms with E-state index in [-0.39, 0.29) is 31.6 Å². The van der Waals surface area contributed by atoms with Crippen LogP contribution in [0.1, 0.15) is 27.2 Å². The monoisotopic (exact) mass is 219 g/mol. The Hall–Kier alpha value is -0.650.